The number of nitrogens with zero attached hydrogens (tertiary/aromatic N) is 9. The summed E-state index contributed by atoms with van der Waals surface area (Å²) in [4.78, 5) is 134. The molecule has 6 aliphatic heterocycles. The molecule has 3 saturated heterocycles. The molecular weight excluding hydrogens is 1710 g/mol. The first-order valence-corrected chi connectivity index (χ1v) is 44.0. The van der Waals surface area contributed by atoms with E-state index in [9.17, 15) is 53.1 Å². The van der Waals surface area contributed by atoms with Gasteiger partial charge in [-0.3, -0.25) is 53.5 Å². The lowest BCUT2D eigenvalue weighted by molar-refractivity contribution is -0.111. The summed E-state index contributed by atoms with van der Waals surface area (Å²) in [6.07, 6.45) is 9.24. The highest BCUT2D eigenvalue weighted by atomic mass is 16.7. The molecule has 688 valence electrons. The van der Waals surface area contributed by atoms with Crippen LogP contribution in [0.25, 0.3) is 0 Å². The van der Waals surface area contributed by atoms with E-state index in [1.54, 1.807) is 33.0 Å². The highest BCUT2D eigenvalue weighted by Crippen LogP contribution is 2.40. The molecular formula is C104H102N10O20. The summed E-state index contributed by atoms with van der Waals surface area (Å²) in [5.41, 5.74) is 7.20. The zero-order valence-corrected chi connectivity index (χ0v) is 74.1. The van der Waals surface area contributed by atoms with E-state index in [1.165, 1.54) is 78.6 Å². The van der Waals surface area contributed by atoms with Gasteiger partial charge in [-0.05, 0) is 70.3 Å². The maximum Gasteiger partial charge on any atom is 0.375 e. The number of hydrogen-bond acceptors (Lipinski definition) is 22. The average Bonchev–Trinajstić information content (AvgIpc) is 0.748. The van der Waals surface area contributed by atoms with E-state index in [2.05, 4.69) is 87.9 Å². The lowest BCUT2D eigenvalue weighted by Crippen LogP contribution is -2.61. The van der Waals surface area contributed by atoms with Crippen LogP contribution in [0.1, 0.15) is 128 Å². The molecule has 3 fully saturated rings. The Morgan fingerprint density at radius 3 is 1.16 bits per heavy atom. The van der Waals surface area contributed by atoms with Crippen LogP contribution < -0.4 is 51.4 Å². The molecule has 6 aliphatic rings. The third kappa shape index (κ3) is 21.8. The molecule has 0 bridgehead atoms. The summed E-state index contributed by atoms with van der Waals surface area (Å²) in [5.74, 6) is -3.60. The Morgan fingerprint density at radius 2 is 0.746 bits per heavy atom. The van der Waals surface area contributed by atoms with Crippen molar-refractivity contribution in [1.29, 1.82) is 0 Å². The lowest BCUT2D eigenvalue weighted by atomic mass is 9.94. The lowest BCUT2D eigenvalue weighted by Gasteiger charge is -2.50. The van der Waals surface area contributed by atoms with Crippen molar-refractivity contribution >= 4 is 29.7 Å². The number of ether oxygens (including phenoxy) is 7. The van der Waals surface area contributed by atoms with E-state index in [0.717, 1.165) is 73.5 Å². The van der Waals surface area contributed by atoms with Crippen LogP contribution in [0.3, 0.4) is 0 Å². The summed E-state index contributed by atoms with van der Waals surface area (Å²) >= 11 is 0. The SMILES string of the molecule is COC(=O)c1c(OCc2ccccc2)c(=O)ccn1CC(OC)OC.O=C(O)c1occc(=O)c1OCc1ccccc1.O=C1c2c(O)c(=O)ccn2CC2N1CCCN2C(c1ccccc1)c1ccccc1.O=C1c2c(OCc3ccccc3)c(=O)ccn2CC2N1CCCN2C(c1ccccc1)c1ccccc1.O=C1c2c(OCc3ccccc3)c(=O)ccn2CC2NCCCN12. The highest BCUT2D eigenvalue weighted by Gasteiger charge is 2.46. The zero-order valence-electron chi connectivity index (χ0n) is 74.1. The van der Waals surface area contributed by atoms with Crippen molar-refractivity contribution in [2.75, 3.05) is 60.6 Å². The monoisotopic (exact) mass is 1810 g/mol. The van der Waals surface area contributed by atoms with Crippen LogP contribution in [-0.4, -0.2) is 168 Å². The molecule has 5 aromatic heterocycles. The molecule has 0 spiro atoms. The zero-order chi connectivity index (χ0) is 93.6. The minimum absolute atomic E-state index is 0.00234. The van der Waals surface area contributed by atoms with Crippen LogP contribution in [0, 0.1) is 0 Å². The van der Waals surface area contributed by atoms with Gasteiger partial charge >= 0.3 is 11.9 Å². The maximum absolute atomic E-state index is 13.9. The molecule has 30 heteroatoms. The van der Waals surface area contributed by atoms with Gasteiger partial charge in [0.2, 0.25) is 32.9 Å². The second-order valence-electron chi connectivity index (χ2n) is 32.2. The van der Waals surface area contributed by atoms with Crippen molar-refractivity contribution in [1.82, 2.24) is 48.1 Å². The molecule has 3 atom stereocenters. The number of carbonyl (C=O) groups is 5. The van der Waals surface area contributed by atoms with Gasteiger partial charge in [0.1, 0.15) is 44.9 Å². The van der Waals surface area contributed by atoms with E-state index >= 15 is 0 Å². The number of aromatic carboxylic acids is 1. The predicted molar refractivity (Wildman–Crippen MR) is 498 cm³/mol. The number of benzene rings is 8. The number of aromatic hydroxyl groups is 1. The Labute approximate surface area is 771 Å². The summed E-state index contributed by atoms with van der Waals surface area (Å²) in [7, 11) is 4.22. The van der Waals surface area contributed by atoms with E-state index in [4.69, 9.17) is 42.7 Å². The summed E-state index contributed by atoms with van der Waals surface area (Å²) in [6.45, 7) is 7.25. The third-order valence-electron chi connectivity index (χ3n) is 23.8. The van der Waals surface area contributed by atoms with Crippen LogP contribution in [0.2, 0.25) is 0 Å². The van der Waals surface area contributed by atoms with Crippen LogP contribution in [0.5, 0.6) is 28.7 Å². The Hall–Kier alpha value is -15.3. The highest BCUT2D eigenvalue weighted by molar-refractivity contribution is 5.98. The number of aromatic nitrogens is 4. The van der Waals surface area contributed by atoms with Gasteiger partial charge in [0.15, 0.2) is 52.1 Å². The quantitative estimate of drug-likeness (QED) is 0.0374. The van der Waals surface area contributed by atoms with Gasteiger partial charge in [0.05, 0.1) is 51.6 Å². The number of methoxy groups -OCH3 is 3. The Balaban J connectivity index is 0.000000130. The second kappa shape index (κ2) is 44.5. The molecule has 8 aromatic carbocycles. The van der Waals surface area contributed by atoms with Gasteiger partial charge in [-0.25, -0.2) is 9.59 Å². The van der Waals surface area contributed by atoms with Gasteiger partial charge < -0.3 is 80.8 Å². The number of pyridine rings is 4. The van der Waals surface area contributed by atoms with E-state index in [0.29, 0.717) is 50.7 Å². The number of fused-ring (bicyclic) bond motifs is 6. The minimum Gasteiger partial charge on any atom is -0.503 e. The minimum atomic E-state index is -1.34. The number of hydrogen-bond donors (Lipinski definition) is 3. The summed E-state index contributed by atoms with van der Waals surface area (Å²) in [6, 6.07) is 86.1. The number of amides is 3. The van der Waals surface area contributed by atoms with Crippen LogP contribution in [0.4, 0.5) is 0 Å². The molecule has 0 aliphatic carbocycles. The van der Waals surface area contributed by atoms with E-state index < -0.39 is 46.0 Å². The summed E-state index contributed by atoms with van der Waals surface area (Å²) in [5, 5.41) is 22.5. The number of rotatable bonds is 24. The molecule has 11 heterocycles. The fourth-order valence-corrected chi connectivity index (χ4v) is 17.4. The van der Waals surface area contributed by atoms with Crippen LogP contribution in [0.15, 0.2) is 332 Å². The topological polar surface area (TPSA) is 337 Å². The van der Waals surface area contributed by atoms with Gasteiger partial charge in [0, 0.05) is 102 Å². The fraction of sp³-hybridized carbons (Fsp3) is 0.250. The van der Waals surface area contributed by atoms with E-state index in [-0.39, 0.29) is 127 Å². The Bertz CT molecular complexity index is 6450. The van der Waals surface area contributed by atoms with E-state index in [1.807, 2.05) is 184 Å². The molecule has 30 nitrogen and oxygen atoms in total. The predicted octanol–water partition coefficient (Wildman–Crippen LogP) is 12.5. The van der Waals surface area contributed by atoms with Gasteiger partial charge in [-0.2, -0.15) is 0 Å². The van der Waals surface area contributed by atoms with Gasteiger partial charge in [-0.15, -0.1) is 0 Å². The van der Waals surface area contributed by atoms with Crippen LogP contribution in [-0.2, 0) is 66.8 Å². The summed E-state index contributed by atoms with van der Waals surface area (Å²) < 4.78 is 49.5. The fourth-order valence-electron chi connectivity index (χ4n) is 17.4. The normalized spacial score (nSPS) is 15.9. The number of carboxylic acids is 1. The number of carbonyl (C=O) groups excluding carboxylic acids is 4. The molecule has 3 N–H and O–H groups in total. The average molecular weight is 1810 g/mol. The molecule has 0 radical (unpaired) electrons. The maximum atomic E-state index is 13.9. The van der Waals surface area contributed by atoms with Gasteiger partial charge in [-0.1, -0.05) is 243 Å². The van der Waals surface area contributed by atoms with Crippen molar-refractivity contribution in [3.05, 3.63) is 428 Å². The van der Waals surface area contributed by atoms with Gasteiger partial charge in [0.25, 0.3) is 23.5 Å². The number of nitrogens with one attached hydrogen (secondary N) is 1. The van der Waals surface area contributed by atoms with Crippen molar-refractivity contribution in [2.24, 2.45) is 0 Å². The molecule has 3 unspecified atom stereocenters. The first-order chi connectivity index (χ1) is 65.4. The van der Waals surface area contributed by atoms with Crippen molar-refractivity contribution in [3.8, 4) is 28.7 Å². The molecule has 3 amide bonds. The number of esters is 1. The molecule has 0 saturated carbocycles. The standard InChI is InChI=1S/C31H29N3O3.C24H23N3O3.C18H19N3O3.C18H21NO6.C13H10O5/c35-26-17-20-32-21-27-33(28(24-13-6-2-7-14-24)25-15-8-3-9-16-25)18-10-19-34(27)31(36)29(32)30(26)37-22-23-11-4-1-5-12-23;28-19-12-15-25-16-20-26(13-7-14-27(20)24(30)22(25)23(19)29)21(17-8-3-1-4-9-17)18-10-5-2-6-11-18;22-14-7-10-20-11-15-19-8-4-9-21(15)18(23)16(20)17(14)24-12-13-5-2-1-3-6-13;1-22-15(23-2)11-19-10-9-14(20)17(16(19)18(21)24-3)25-12-13-7-5-4-6-8-13;14-10-6-7-17-12(13(15)16)11(10)18-8-9-4-2-1-3-5-9/h1-9,11-17,20,27-28H,10,18-19,21-22H2;1-6,8-12,15,20-21,29H,7,13-14,16H2;1-3,5-7,10,15,19H,4,8-9,11-12H2;4-10,15H,11-12H2,1-3H3;1-7H,8H2,(H,15,16). The third-order valence-corrected chi connectivity index (χ3v) is 23.8. The molecule has 134 heavy (non-hydrogen) atoms. The van der Waals surface area contributed by atoms with Crippen molar-refractivity contribution in [2.45, 2.75) is 109 Å². The second-order valence-corrected chi connectivity index (χ2v) is 32.2. The first kappa shape index (κ1) is 93.3. The largest absolute Gasteiger partial charge is 0.503 e. The Kier molecular flexibility index (Phi) is 31.0. The number of carboxylic acid groups (broad SMARTS) is 1. The Morgan fingerprint density at radius 1 is 0.396 bits per heavy atom. The molecule has 19 rings (SSSR count). The van der Waals surface area contributed by atoms with Crippen molar-refractivity contribution < 1.29 is 71.8 Å². The smallest absolute Gasteiger partial charge is 0.375 e. The first-order valence-electron chi connectivity index (χ1n) is 44.0. The van der Waals surface area contributed by atoms with Crippen LogP contribution >= 0.6 is 0 Å². The molecule has 13 aromatic rings. The van der Waals surface area contributed by atoms with Crippen molar-refractivity contribution in [3.63, 3.8) is 0 Å².